The maximum atomic E-state index is 0. The molecule has 0 unspecified atom stereocenters. The summed E-state index contributed by atoms with van der Waals surface area (Å²) in [7, 11) is 0. The normalized spacial score (nSPS) is 0. The molecule has 0 heterocycles. The van der Waals surface area contributed by atoms with Crippen molar-refractivity contribution in [3.63, 3.8) is 0 Å². The first-order chi connectivity index (χ1) is 0. The van der Waals surface area contributed by atoms with Gasteiger partial charge in [0.2, 0.25) is 0 Å². The Morgan fingerprint density at radius 2 is 0.500 bits per heavy atom. The first-order valence-electron chi connectivity index (χ1n) is 0. The summed E-state index contributed by atoms with van der Waals surface area (Å²) in [5.74, 6) is 0. The van der Waals surface area contributed by atoms with Crippen LogP contribution in [0.25, 0.3) is 0 Å². The number of hydrogen-bond donors (Lipinski definition) is 0. The molecular weight excluding hydrogens is 158 g/mol. The second kappa shape index (κ2) is 45.3. The van der Waals surface area contributed by atoms with Gasteiger partial charge in [-0.05, 0) is 0 Å². The standard InChI is InChI=1S/3CH4.Sb/h3*1H4;. The molecule has 0 saturated heterocycles. The van der Waals surface area contributed by atoms with E-state index < -0.39 is 0 Å². The SMILES string of the molecule is C.C.C.[Sb]. The summed E-state index contributed by atoms with van der Waals surface area (Å²) in [6.45, 7) is 0. The zero-order valence-electron chi connectivity index (χ0n) is 0.447. The molecule has 0 aliphatic carbocycles. The van der Waals surface area contributed by atoms with E-state index in [1.807, 2.05) is 0 Å². The van der Waals surface area contributed by atoms with Gasteiger partial charge < -0.3 is 0 Å². The van der Waals surface area contributed by atoms with Gasteiger partial charge in [0.05, 0.1) is 0 Å². The molecule has 0 aromatic heterocycles. The van der Waals surface area contributed by atoms with Crippen molar-refractivity contribution in [1.82, 2.24) is 0 Å². The van der Waals surface area contributed by atoms with Crippen molar-refractivity contribution in [2.75, 3.05) is 0 Å². The van der Waals surface area contributed by atoms with E-state index in [0.29, 0.717) is 0 Å². The van der Waals surface area contributed by atoms with Crippen LogP contribution in [0.15, 0.2) is 0 Å². The Kier molecular flexibility index (Phi) is 1190. The van der Waals surface area contributed by atoms with Gasteiger partial charge in [0.25, 0.3) is 0 Å². The van der Waals surface area contributed by atoms with Crippen molar-refractivity contribution < 1.29 is 0 Å². The molecule has 0 aromatic rings. The van der Waals surface area contributed by atoms with Crippen LogP contribution in [0.5, 0.6) is 0 Å². The van der Waals surface area contributed by atoms with Crippen molar-refractivity contribution in [1.29, 1.82) is 0 Å². The van der Waals surface area contributed by atoms with Crippen LogP contribution in [0.4, 0.5) is 0 Å². The van der Waals surface area contributed by atoms with Crippen LogP contribution >= 0.6 is 0 Å². The third-order valence-electron chi connectivity index (χ3n) is 0. The van der Waals surface area contributed by atoms with Crippen molar-refractivity contribution >= 4 is 24.4 Å². The fourth-order valence-electron chi connectivity index (χ4n) is 0. The van der Waals surface area contributed by atoms with Crippen LogP contribution in [-0.2, 0) is 0 Å². The van der Waals surface area contributed by atoms with E-state index in [-0.39, 0.29) is 46.7 Å². The van der Waals surface area contributed by atoms with Gasteiger partial charge >= 0.3 is 0 Å². The van der Waals surface area contributed by atoms with E-state index in [9.17, 15) is 0 Å². The van der Waals surface area contributed by atoms with Gasteiger partial charge in [0.1, 0.15) is 0 Å². The Bertz CT molecular complexity index is 3.25. The maximum absolute atomic E-state index is 0. The van der Waals surface area contributed by atoms with Crippen LogP contribution in [0.3, 0.4) is 0 Å². The summed E-state index contributed by atoms with van der Waals surface area (Å²) in [6, 6.07) is 0. The molecule has 4 heavy (non-hydrogen) atoms. The smallest absolute Gasteiger partial charge is 0 e. The van der Waals surface area contributed by atoms with Crippen molar-refractivity contribution in [3.05, 3.63) is 0 Å². The molecule has 1 heteroatoms. The van der Waals surface area contributed by atoms with Gasteiger partial charge in [0, 0.05) is 24.4 Å². The monoisotopic (exact) mass is 169 g/mol. The molecule has 0 fully saturated rings. The second-order valence-corrected chi connectivity index (χ2v) is 0. The number of rotatable bonds is 0. The molecule has 0 amide bonds. The molecular formula is C3H12Sb. The molecule has 29 valence electrons. The van der Waals surface area contributed by atoms with Gasteiger partial charge in [-0.15, -0.1) is 0 Å². The molecule has 0 saturated carbocycles. The summed E-state index contributed by atoms with van der Waals surface area (Å²) in [5, 5.41) is 0. The van der Waals surface area contributed by atoms with Crippen molar-refractivity contribution in [3.8, 4) is 0 Å². The molecule has 0 aromatic carbocycles. The summed E-state index contributed by atoms with van der Waals surface area (Å²) in [6.07, 6.45) is 0. The fraction of sp³-hybridized carbons (Fsp3) is 1.00. The number of hydrogen-bond acceptors (Lipinski definition) is 0. The molecule has 0 N–H and O–H groups in total. The molecule has 0 bridgehead atoms. The van der Waals surface area contributed by atoms with Crippen molar-refractivity contribution in [2.24, 2.45) is 0 Å². The minimum Gasteiger partial charge on any atom is -0.0776 e. The first-order valence-corrected chi connectivity index (χ1v) is 0. The van der Waals surface area contributed by atoms with Crippen LogP contribution in [0.2, 0.25) is 0 Å². The first kappa shape index (κ1) is 105. The van der Waals surface area contributed by atoms with E-state index in [2.05, 4.69) is 0 Å². The summed E-state index contributed by atoms with van der Waals surface area (Å²) in [5.41, 5.74) is 0. The Labute approximate surface area is 47.1 Å². The zero-order valence-corrected chi connectivity index (χ0v) is 3.00. The Balaban J connectivity index is 0. The second-order valence-electron chi connectivity index (χ2n) is 0. The Morgan fingerprint density at radius 1 is 0.500 bits per heavy atom. The third kappa shape index (κ3) is 13.9. The van der Waals surface area contributed by atoms with Gasteiger partial charge in [0.15, 0.2) is 0 Å². The molecule has 0 aliphatic heterocycles. The van der Waals surface area contributed by atoms with Crippen LogP contribution in [0, 0.1) is 0 Å². The zero-order chi connectivity index (χ0) is 0. The van der Waals surface area contributed by atoms with E-state index in [1.165, 1.54) is 0 Å². The minimum atomic E-state index is 0. The quantitative estimate of drug-likeness (QED) is 0.483. The Morgan fingerprint density at radius 3 is 0.500 bits per heavy atom. The van der Waals surface area contributed by atoms with E-state index in [1.54, 1.807) is 0 Å². The molecule has 0 spiro atoms. The van der Waals surface area contributed by atoms with Gasteiger partial charge in [-0.25, -0.2) is 0 Å². The summed E-state index contributed by atoms with van der Waals surface area (Å²) in [4.78, 5) is 0. The predicted molar refractivity (Wildman–Crippen MR) is 25.9 cm³/mol. The van der Waals surface area contributed by atoms with Crippen LogP contribution in [0.1, 0.15) is 22.3 Å². The molecule has 0 rings (SSSR count). The average Bonchev–Trinajstić information content (AvgIpc) is 0. The van der Waals surface area contributed by atoms with Gasteiger partial charge in [-0.3, -0.25) is 0 Å². The van der Waals surface area contributed by atoms with E-state index in [4.69, 9.17) is 0 Å². The van der Waals surface area contributed by atoms with E-state index in [0.717, 1.165) is 0 Å². The molecule has 0 nitrogen and oxygen atoms in total. The molecule has 3 radical (unpaired) electrons. The van der Waals surface area contributed by atoms with Crippen LogP contribution < -0.4 is 0 Å². The molecule has 0 atom stereocenters. The van der Waals surface area contributed by atoms with Gasteiger partial charge in [-0.2, -0.15) is 0 Å². The van der Waals surface area contributed by atoms with Crippen molar-refractivity contribution in [2.45, 2.75) is 22.3 Å². The molecule has 0 aliphatic rings. The summed E-state index contributed by atoms with van der Waals surface area (Å²) >= 11 is 0. The van der Waals surface area contributed by atoms with Crippen LogP contribution in [-0.4, -0.2) is 24.4 Å². The van der Waals surface area contributed by atoms with Gasteiger partial charge in [-0.1, -0.05) is 22.3 Å². The largest absolute Gasteiger partial charge is 0.0776 e. The predicted octanol–water partition coefficient (Wildman–Crippen LogP) is 1.53. The Hall–Kier alpha value is 0.818. The van der Waals surface area contributed by atoms with E-state index >= 15 is 0 Å². The fourth-order valence-corrected chi connectivity index (χ4v) is 0. The maximum Gasteiger partial charge on any atom is 0 e. The minimum absolute atomic E-state index is 0. The topological polar surface area (TPSA) is 0 Å². The third-order valence-corrected chi connectivity index (χ3v) is 0. The average molecular weight is 170 g/mol. The summed E-state index contributed by atoms with van der Waals surface area (Å²) < 4.78 is 0.